The molecule has 9 nitrogen and oxygen atoms in total. The molecule has 1 aliphatic carbocycles. The Morgan fingerprint density at radius 2 is 1.83 bits per heavy atom. The van der Waals surface area contributed by atoms with Crippen LogP contribution in [-0.2, 0) is 4.79 Å². The fraction of sp³-hybridized carbons (Fsp3) is 0.400. The van der Waals surface area contributed by atoms with Gasteiger partial charge in [-0.2, -0.15) is 10.5 Å². The molecule has 4 rings (SSSR count). The number of pyridine rings is 1. The zero-order valence-electron chi connectivity index (χ0n) is 19.3. The van der Waals surface area contributed by atoms with Gasteiger partial charge in [0.15, 0.2) is 0 Å². The van der Waals surface area contributed by atoms with Gasteiger partial charge in [0.1, 0.15) is 28.2 Å². The van der Waals surface area contributed by atoms with E-state index in [1.54, 1.807) is 0 Å². The molecule has 180 valence electrons. The molecule has 2 fully saturated rings. The van der Waals surface area contributed by atoms with Gasteiger partial charge in [-0.15, -0.1) is 0 Å². The summed E-state index contributed by atoms with van der Waals surface area (Å²) < 4.78 is 0. The van der Waals surface area contributed by atoms with Gasteiger partial charge in [-0.1, -0.05) is 42.1 Å². The minimum Gasteiger partial charge on any atom is -0.465 e. The number of carboxylic acid groups (broad SMARTS) is 1. The number of thioether (sulfide) groups is 1. The molecule has 1 aromatic heterocycles. The number of amides is 2. The Kier molecular flexibility index (Phi) is 6.86. The minimum atomic E-state index is -1.07. The third kappa shape index (κ3) is 5.18. The van der Waals surface area contributed by atoms with Gasteiger partial charge in [0.05, 0.1) is 11.1 Å². The summed E-state index contributed by atoms with van der Waals surface area (Å²) in [5, 5.41) is 31.6. The van der Waals surface area contributed by atoms with Crippen LogP contribution in [0.5, 0.6) is 0 Å². The lowest BCUT2D eigenvalue weighted by Gasteiger charge is -2.40. The van der Waals surface area contributed by atoms with Gasteiger partial charge in [0.25, 0.3) is 0 Å². The van der Waals surface area contributed by atoms with Crippen LogP contribution in [0.2, 0.25) is 0 Å². The molecule has 0 spiro atoms. The van der Waals surface area contributed by atoms with Crippen LogP contribution in [0.3, 0.4) is 0 Å². The smallest absolute Gasteiger partial charge is 0.405 e. The summed E-state index contributed by atoms with van der Waals surface area (Å²) >= 11 is 1.13. The number of benzene rings is 1. The fourth-order valence-electron chi connectivity index (χ4n) is 4.51. The molecule has 2 heterocycles. The van der Waals surface area contributed by atoms with Crippen LogP contribution in [0.1, 0.15) is 66.0 Å². The van der Waals surface area contributed by atoms with E-state index in [0.29, 0.717) is 59.0 Å². The molecule has 2 aliphatic rings. The SMILES string of the molecule is CC1(NC(=O)O)CCN(c2nc(SC(C(N)=O)c3ccccc3)c(C#N)c(C3CC3)c2C#N)CC1. The predicted octanol–water partition coefficient (Wildman–Crippen LogP) is 3.65. The van der Waals surface area contributed by atoms with Crippen molar-refractivity contribution in [1.29, 1.82) is 10.5 Å². The monoisotopic (exact) mass is 490 g/mol. The summed E-state index contributed by atoms with van der Waals surface area (Å²) in [6, 6.07) is 13.6. The predicted molar refractivity (Wildman–Crippen MR) is 131 cm³/mol. The van der Waals surface area contributed by atoms with Gasteiger partial charge in [-0.3, -0.25) is 4.79 Å². The molecule has 1 atom stereocenters. The molecule has 1 aromatic carbocycles. The van der Waals surface area contributed by atoms with Gasteiger partial charge in [-0.25, -0.2) is 9.78 Å². The second-order valence-corrected chi connectivity index (χ2v) is 10.3. The zero-order valence-corrected chi connectivity index (χ0v) is 20.1. The van der Waals surface area contributed by atoms with E-state index in [4.69, 9.17) is 15.8 Å². The molecule has 10 heteroatoms. The second kappa shape index (κ2) is 9.85. The second-order valence-electron chi connectivity index (χ2n) is 9.19. The van der Waals surface area contributed by atoms with Crippen molar-refractivity contribution >= 4 is 29.6 Å². The number of nitrogens with one attached hydrogen (secondary N) is 1. The van der Waals surface area contributed by atoms with Crippen molar-refractivity contribution in [2.45, 2.75) is 54.3 Å². The normalized spacial score (nSPS) is 17.6. The molecular formula is C25H26N6O3S. The lowest BCUT2D eigenvalue weighted by Crippen LogP contribution is -2.53. The van der Waals surface area contributed by atoms with Crippen molar-refractivity contribution in [3.63, 3.8) is 0 Å². The first-order valence-electron chi connectivity index (χ1n) is 11.4. The molecule has 1 unspecified atom stereocenters. The number of anilines is 1. The van der Waals surface area contributed by atoms with Crippen LogP contribution >= 0.6 is 11.8 Å². The van der Waals surface area contributed by atoms with E-state index in [0.717, 1.165) is 24.6 Å². The Morgan fingerprint density at radius 3 is 2.34 bits per heavy atom. The fourth-order valence-corrected chi connectivity index (χ4v) is 5.55. The molecule has 0 bridgehead atoms. The maximum Gasteiger partial charge on any atom is 0.405 e. The van der Waals surface area contributed by atoms with E-state index in [9.17, 15) is 20.1 Å². The van der Waals surface area contributed by atoms with Crippen LogP contribution in [0.25, 0.3) is 0 Å². The number of piperidine rings is 1. The zero-order chi connectivity index (χ0) is 25.2. The molecule has 1 saturated carbocycles. The lowest BCUT2D eigenvalue weighted by atomic mass is 9.89. The summed E-state index contributed by atoms with van der Waals surface area (Å²) in [6.07, 6.45) is 1.79. The van der Waals surface area contributed by atoms with Crippen molar-refractivity contribution in [2.75, 3.05) is 18.0 Å². The Morgan fingerprint density at radius 1 is 1.20 bits per heavy atom. The highest BCUT2D eigenvalue weighted by atomic mass is 32.2. The summed E-state index contributed by atoms with van der Waals surface area (Å²) in [5.74, 6) is 0.0386. The summed E-state index contributed by atoms with van der Waals surface area (Å²) in [6.45, 7) is 2.86. The van der Waals surface area contributed by atoms with E-state index in [2.05, 4.69) is 17.5 Å². The molecule has 2 aromatic rings. The highest BCUT2D eigenvalue weighted by molar-refractivity contribution is 8.00. The maximum atomic E-state index is 12.4. The van der Waals surface area contributed by atoms with Gasteiger partial charge in [0.2, 0.25) is 5.91 Å². The van der Waals surface area contributed by atoms with Crippen LogP contribution in [0.4, 0.5) is 10.6 Å². The number of aromatic nitrogens is 1. The Hall–Kier alpha value is -3.76. The summed E-state index contributed by atoms with van der Waals surface area (Å²) in [7, 11) is 0. The van der Waals surface area contributed by atoms with Gasteiger partial charge in [-0.05, 0) is 49.7 Å². The van der Waals surface area contributed by atoms with Gasteiger partial charge in [0, 0.05) is 18.6 Å². The average Bonchev–Trinajstić information content (AvgIpc) is 3.67. The molecule has 4 N–H and O–H groups in total. The van der Waals surface area contributed by atoms with Crippen LogP contribution in [0.15, 0.2) is 35.4 Å². The van der Waals surface area contributed by atoms with E-state index in [1.165, 1.54) is 0 Å². The third-order valence-corrected chi connectivity index (χ3v) is 7.82. The Bertz CT molecular complexity index is 1220. The van der Waals surface area contributed by atoms with Crippen LogP contribution in [0, 0.1) is 22.7 Å². The first-order valence-corrected chi connectivity index (χ1v) is 12.3. The number of hydrogen-bond donors (Lipinski definition) is 3. The summed E-state index contributed by atoms with van der Waals surface area (Å²) in [4.78, 5) is 30.3. The molecule has 1 aliphatic heterocycles. The minimum absolute atomic E-state index is 0.105. The number of nitriles is 2. The quantitative estimate of drug-likeness (QED) is 0.497. The van der Waals surface area contributed by atoms with Gasteiger partial charge >= 0.3 is 6.09 Å². The largest absolute Gasteiger partial charge is 0.465 e. The molecule has 0 radical (unpaired) electrons. The van der Waals surface area contributed by atoms with Crippen LogP contribution < -0.4 is 16.0 Å². The first-order chi connectivity index (χ1) is 16.8. The number of primary amides is 1. The van der Waals surface area contributed by atoms with Crippen LogP contribution in [-0.4, -0.2) is 40.7 Å². The topological polar surface area (TPSA) is 156 Å². The van der Waals surface area contributed by atoms with E-state index >= 15 is 0 Å². The van der Waals surface area contributed by atoms with Crippen molar-refractivity contribution < 1.29 is 14.7 Å². The van der Waals surface area contributed by atoms with E-state index in [-0.39, 0.29) is 5.92 Å². The van der Waals surface area contributed by atoms with E-state index in [1.807, 2.05) is 42.2 Å². The number of rotatable bonds is 7. The number of nitrogens with two attached hydrogens (primary N) is 1. The molecule has 2 amide bonds. The lowest BCUT2D eigenvalue weighted by molar-refractivity contribution is -0.117. The highest BCUT2D eigenvalue weighted by Gasteiger charge is 2.37. The standard InChI is InChI=1S/C25H26N6O3S/c1-25(30-24(33)34)9-11-31(12-10-25)22-17(13-26)19(15-7-8-15)18(14-27)23(29-22)35-20(21(28)32)16-5-3-2-4-6-16/h2-6,15,20,30H,7-12H2,1H3,(H2,28,32)(H,33,34). The molecule has 1 saturated heterocycles. The highest BCUT2D eigenvalue weighted by Crippen LogP contribution is 2.48. The number of nitrogens with zero attached hydrogens (tertiary/aromatic N) is 4. The van der Waals surface area contributed by atoms with Crippen molar-refractivity contribution in [2.24, 2.45) is 5.73 Å². The molecule has 35 heavy (non-hydrogen) atoms. The summed E-state index contributed by atoms with van der Waals surface area (Å²) in [5.41, 5.74) is 7.29. The number of carbonyl (C=O) groups excluding carboxylic acids is 1. The van der Waals surface area contributed by atoms with Crippen molar-refractivity contribution in [3.05, 3.63) is 52.6 Å². The third-order valence-electron chi connectivity index (χ3n) is 6.56. The van der Waals surface area contributed by atoms with E-state index < -0.39 is 22.8 Å². The Balaban J connectivity index is 1.76. The number of hydrogen-bond acceptors (Lipinski definition) is 7. The Labute approximate surface area is 207 Å². The molecular weight excluding hydrogens is 464 g/mol. The first kappa shape index (κ1) is 24.4. The van der Waals surface area contributed by atoms with Crippen molar-refractivity contribution in [3.8, 4) is 12.1 Å². The van der Waals surface area contributed by atoms with Crippen molar-refractivity contribution in [1.82, 2.24) is 10.3 Å². The van der Waals surface area contributed by atoms with Gasteiger partial charge < -0.3 is 21.1 Å². The number of carbonyl (C=O) groups is 2. The maximum absolute atomic E-state index is 12.4. The average molecular weight is 491 g/mol.